The molecule has 4 nitrogen and oxygen atoms in total. The highest BCUT2D eigenvalue weighted by atomic mass is 35.5. The number of fused-ring (bicyclic) bond motifs is 1. The van der Waals surface area contributed by atoms with Crippen molar-refractivity contribution < 1.29 is 9.26 Å². The Balaban J connectivity index is 1.88. The summed E-state index contributed by atoms with van der Waals surface area (Å²) in [5.41, 5.74) is 1.82. The molecular formula is C18H19ClN2O2. The molecule has 0 saturated carbocycles. The van der Waals surface area contributed by atoms with Gasteiger partial charge in [0.25, 0.3) is 0 Å². The minimum atomic E-state index is -0.0494. The van der Waals surface area contributed by atoms with Crippen LogP contribution in [0.15, 0.2) is 47.0 Å². The summed E-state index contributed by atoms with van der Waals surface area (Å²) in [4.78, 5) is 0. The zero-order chi connectivity index (χ0) is 16.4. The molecule has 0 aliphatic carbocycles. The fraction of sp³-hybridized carbons (Fsp3) is 0.278. The van der Waals surface area contributed by atoms with Crippen LogP contribution < -0.4 is 10.1 Å². The summed E-state index contributed by atoms with van der Waals surface area (Å²) in [5, 5.41) is 8.85. The van der Waals surface area contributed by atoms with E-state index in [0.29, 0.717) is 28.7 Å². The first kappa shape index (κ1) is 15.7. The highest BCUT2D eigenvalue weighted by Crippen LogP contribution is 2.35. The van der Waals surface area contributed by atoms with E-state index in [0.717, 1.165) is 5.39 Å². The maximum Gasteiger partial charge on any atom is 0.181 e. The number of hydrogen-bond acceptors (Lipinski definition) is 4. The third-order valence-corrected chi connectivity index (χ3v) is 4.19. The van der Waals surface area contributed by atoms with Gasteiger partial charge in [0, 0.05) is 23.0 Å². The van der Waals surface area contributed by atoms with Crippen molar-refractivity contribution in [3.8, 4) is 5.75 Å². The molecule has 1 N–H and O–H groups in total. The van der Waals surface area contributed by atoms with Gasteiger partial charge in [0.15, 0.2) is 11.4 Å². The van der Waals surface area contributed by atoms with Crippen LogP contribution in [0.25, 0.3) is 11.0 Å². The average Bonchev–Trinajstić information content (AvgIpc) is 2.96. The van der Waals surface area contributed by atoms with Crippen molar-refractivity contribution in [2.45, 2.75) is 19.3 Å². The molecule has 0 fully saturated rings. The molecule has 120 valence electrons. The second kappa shape index (κ2) is 6.13. The Morgan fingerprint density at radius 3 is 2.65 bits per heavy atom. The molecule has 5 heteroatoms. The van der Waals surface area contributed by atoms with Crippen molar-refractivity contribution in [3.63, 3.8) is 0 Å². The van der Waals surface area contributed by atoms with Gasteiger partial charge in [-0.25, -0.2) is 0 Å². The van der Waals surface area contributed by atoms with Gasteiger partial charge in [0.2, 0.25) is 0 Å². The van der Waals surface area contributed by atoms with Crippen molar-refractivity contribution in [1.29, 1.82) is 0 Å². The van der Waals surface area contributed by atoms with Crippen LogP contribution in [0, 0.1) is 0 Å². The third kappa shape index (κ3) is 3.13. The lowest BCUT2D eigenvalue weighted by molar-refractivity contribution is 0.419. The Bertz CT molecular complexity index is 813. The van der Waals surface area contributed by atoms with Crippen molar-refractivity contribution in [1.82, 2.24) is 5.16 Å². The Morgan fingerprint density at radius 2 is 1.96 bits per heavy atom. The summed E-state index contributed by atoms with van der Waals surface area (Å²) < 4.78 is 10.8. The molecule has 3 aromatic rings. The van der Waals surface area contributed by atoms with E-state index in [-0.39, 0.29) is 5.41 Å². The highest BCUT2D eigenvalue weighted by molar-refractivity contribution is 6.31. The Labute approximate surface area is 140 Å². The van der Waals surface area contributed by atoms with Gasteiger partial charge < -0.3 is 14.6 Å². The summed E-state index contributed by atoms with van der Waals surface area (Å²) >= 11 is 6.05. The van der Waals surface area contributed by atoms with Gasteiger partial charge >= 0.3 is 0 Å². The van der Waals surface area contributed by atoms with E-state index in [1.54, 1.807) is 19.2 Å². The predicted octanol–water partition coefficient (Wildman–Crippen LogP) is 4.88. The van der Waals surface area contributed by atoms with Crippen molar-refractivity contribution in [2.24, 2.45) is 0 Å². The second-order valence-electron chi connectivity index (χ2n) is 6.12. The number of benzene rings is 2. The SMILES string of the molecule is COc1cc(Cl)cc2onc(NCC(C)(C)c3ccccc3)c12. The molecule has 0 amide bonds. The van der Waals surface area contributed by atoms with E-state index in [1.807, 2.05) is 18.2 Å². The largest absolute Gasteiger partial charge is 0.496 e. The molecule has 0 atom stereocenters. The maximum atomic E-state index is 6.05. The quantitative estimate of drug-likeness (QED) is 0.724. The fourth-order valence-electron chi connectivity index (χ4n) is 2.58. The summed E-state index contributed by atoms with van der Waals surface area (Å²) in [7, 11) is 1.61. The van der Waals surface area contributed by atoms with Crippen LogP contribution in [0.5, 0.6) is 5.75 Å². The van der Waals surface area contributed by atoms with E-state index in [4.69, 9.17) is 20.9 Å². The lowest BCUT2D eigenvalue weighted by Crippen LogP contribution is -2.27. The molecule has 2 aromatic carbocycles. The Kier molecular flexibility index (Phi) is 4.18. The molecule has 0 bridgehead atoms. The number of nitrogens with one attached hydrogen (secondary N) is 1. The van der Waals surface area contributed by atoms with Crippen LogP contribution in [0.3, 0.4) is 0 Å². The van der Waals surface area contributed by atoms with Gasteiger partial charge in [0.05, 0.1) is 7.11 Å². The maximum absolute atomic E-state index is 6.05. The minimum Gasteiger partial charge on any atom is -0.496 e. The smallest absolute Gasteiger partial charge is 0.181 e. The Morgan fingerprint density at radius 1 is 1.22 bits per heavy atom. The van der Waals surface area contributed by atoms with Crippen LogP contribution in [0.2, 0.25) is 5.02 Å². The third-order valence-electron chi connectivity index (χ3n) is 3.98. The summed E-state index contributed by atoms with van der Waals surface area (Å²) in [6, 6.07) is 13.9. The van der Waals surface area contributed by atoms with Crippen LogP contribution in [-0.4, -0.2) is 18.8 Å². The van der Waals surface area contributed by atoms with E-state index >= 15 is 0 Å². The van der Waals surface area contributed by atoms with Crippen LogP contribution >= 0.6 is 11.6 Å². The lowest BCUT2D eigenvalue weighted by Gasteiger charge is -2.25. The summed E-state index contributed by atoms with van der Waals surface area (Å²) in [6.07, 6.45) is 0. The lowest BCUT2D eigenvalue weighted by atomic mass is 9.84. The van der Waals surface area contributed by atoms with Crippen LogP contribution in [0.1, 0.15) is 19.4 Å². The normalized spacial score (nSPS) is 11.7. The number of ether oxygens (including phenoxy) is 1. The monoisotopic (exact) mass is 330 g/mol. The number of halogens is 1. The highest BCUT2D eigenvalue weighted by Gasteiger charge is 2.22. The number of methoxy groups -OCH3 is 1. The molecule has 0 aliphatic rings. The first-order valence-electron chi connectivity index (χ1n) is 7.43. The number of hydrogen-bond donors (Lipinski definition) is 1. The fourth-order valence-corrected chi connectivity index (χ4v) is 2.78. The van der Waals surface area contributed by atoms with E-state index in [1.165, 1.54) is 5.56 Å². The molecule has 23 heavy (non-hydrogen) atoms. The number of nitrogens with zero attached hydrogens (tertiary/aromatic N) is 1. The number of anilines is 1. The van der Waals surface area contributed by atoms with E-state index in [9.17, 15) is 0 Å². The van der Waals surface area contributed by atoms with Gasteiger partial charge in [0.1, 0.15) is 11.1 Å². The summed E-state index contributed by atoms with van der Waals surface area (Å²) in [6.45, 7) is 5.09. The molecule has 0 spiro atoms. The van der Waals surface area contributed by atoms with Crippen molar-refractivity contribution in [2.75, 3.05) is 19.0 Å². The average molecular weight is 331 g/mol. The van der Waals surface area contributed by atoms with Gasteiger partial charge in [-0.05, 0) is 11.6 Å². The predicted molar refractivity (Wildman–Crippen MR) is 93.5 cm³/mol. The second-order valence-corrected chi connectivity index (χ2v) is 6.55. The molecule has 0 unspecified atom stereocenters. The molecule has 0 radical (unpaired) electrons. The topological polar surface area (TPSA) is 47.3 Å². The van der Waals surface area contributed by atoms with Gasteiger partial charge in [-0.15, -0.1) is 0 Å². The zero-order valence-corrected chi connectivity index (χ0v) is 14.1. The first-order chi connectivity index (χ1) is 11.0. The number of rotatable bonds is 5. The molecule has 0 saturated heterocycles. The first-order valence-corrected chi connectivity index (χ1v) is 7.81. The van der Waals surface area contributed by atoms with Crippen molar-refractivity contribution >= 4 is 28.4 Å². The molecule has 3 rings (SSSR count). The van der Waals surface area contributed by atoms with Crippen LogP contribution in [-0.2, 0) is 5.41 Å². The van der Waals surface area contributed by atoms with Gasteiger partial charge in [-0.2, -0.15) is 0 Å². The minimum absolute atomic E-state index is 0.0494. The van der Waals surface area contributed by atoms with Gasteiger partial charge in [-0.1, -0.05) is 60.9 Å². The molecule has 1 heterocycles. The zero-order valence-electron chi connectivity index (χ0n) is 13.4. The van der Waals surface area contributed by atoms with Crippen LogP contribution in [0.4, 0.5) is 5.82 Å². The van der Waals surface area contributed by atoms with E-state index < -0.39 is 0 Å². The van der Waals surface area contributed by atoms with Crippen molar-refractivity contribution in [3.05, 3.63) is 53.1 Å². The molecule has 0 aliphatic heterocycles. The standard InChI is InChI=1S/C18H19ClN2O2/c1-18(2,12-7-5-4-6-8-12)11-20-17-16-14(22-3)9-13(19)10-15(16)23-21-17/h4-10H,11H2,1-3H3,(H,20,21). The summed E-state index contributed by atoms with van der Waals surface area (Å²) in [5.74, 6) is 1.31. The molecular weight excluding hydrogens is 312 g/mol. The number of aromatic nitrogens is 1. The Hall–Kier alpha value is -2.20. The van der Waals surface area contributed by atoms with E-state index in [2.05, 4.69) is 36.5 Å². The molecule has 1 aromatic heterocycles. The van der Waals surface area contributed by atoms with Gasteiger partial charge in [-0.3, -0.25) is 0 Å².